The van der Waals surface area contributed by atoms with Crippen molar-refractivity contribution in [1.82, 2.24) is 4.90 Å². The average molecular weight is 253 g/mol. The monoisotopic (exact) mass is 253 g/mol. The van der Waals surface area contributed by atoms with Crippen molar-refractivity contribution in [2.24, 2.45) is 0 Å². The van der Waals surface area contributed by atoms with Crippen LogP contribution in [0.3, 0.4) is 0 Å². The zero-order valence-electron chi connectivity index (χ0n) is 10.3. The van der Waals surface area contributed by atoms with E-state index in [-0.39, 0.29) is 30.9 Å². The van der Waals surface area contributed by atoms with Crippen LogP contribution in [-0.2, 0) is 23.9 Å². The van der Waals surface area contributed by atoms with Gasteiger partial charge in [0.2, 0.25) is 5.91 Å². The molecule has 2 rings (SSSR count). The number of amides is 1. The third kappa shape index (κ3) is 2.37. The van der Waals surface area contributed by atoms with Crippen LogP contribution in [0.2, 0.25) is 0 Å². The van der Waals surface area contributed by atoms with Crippen LogP contribution >= 0.6 is 0 Å². The van der Waals surface area contributed by atoms with Gasteiger partial charge in [0.1, 0.15) is 12.7 Å². The number of esters is 2. The molecule has 0 aromatic rings. The normalized spacial score (nSPS) is 25.8. The van der Waals surface area contributed by atoms with Crippen molar-refractivity contribution >= 4 is 17.8 Å². The van der Waals surface area contributed by atoms with E-state index in [4.69, 9.17) is 9.47 Å². The van der Waals surface area contributed by atoms with E-state index < -0.39 is 12.1 Å². The van der Waals surface area contributed by atoms with Crippen LogP contribution in [0.4, 0.5) is 0 Å². The Morgan fingerprint density at radius 2 is 2.11 bits per heavy atom. The molecule has 0 spiro atoms. The largest absolute Gasteiger partial charge is 0.461 e. The molecule has 2 heterocycles. The minimum atomic E-state index is -0.473. The Hall–Kier alpha value is -1.85. The topological polar surface area (TPSA) is 72.9 Å². The van der Waals surface area contributed by atoms with Gasteiger partial charge in [-0.1, -0.05) is 6.08 Å². The fourth-order valence-corrected chi connectivity index (χ4v) is 2.40. The highest BCUT2D eigenvalue weighted by Gasteiger charge is 2.46. The van der Waals surface area contributed by atoms with Crippen molar-refractivity contribution in [2.45, 2.75) is 32.4 Å². The summed E-state index contributed by atoms with van der Waals surface area (Å²) in [7, 11) is 0. The molecule has 6 nitrogen and oxygen atoms in total. The highest BCUT2D eigenvalue weighted by molar-refractivity contribution is 5.82. The fourth-order valence-electron chi connectivity index (χ4n) is 2.40. The molecular weight excluding hydrogens is 238 g/mol. The summed E-state index contributed by atoms with van der Waals surface area (Å²) < 4.78 is 10.1. The molecule has 0 N–H and O–H groups in total. The lowest BCUT2D eigenvalue weighted by atomic mass is 10.1. The van der Waals surface area contributed by atoms with Gasteiger partial charge in [-0.3, -0.25) is 14.4 Å². The number of hydrogen-bond donors (Lipinski definition) is 0. The first-order valence-corrected chi connectivity index (χ1v) is 5.78. The molecule has 0 bridgehead atoms. The van der Waals surface area contributed by atoms with Crippen LogP contribution in [0, 0.1) is 0 Å². The molecule has 0 aliphatic carbocycles. The van der Waals surface area contributed by atoms with Crippen LogP contribution in [0.1, 0.15) is 20.3 Å². The van der Waals surface area contributed by atoms with Crippen molar-refractivity contribution in [3.8, 4) is 0 Å². The lowest BCUT2D eigenvalue weighted by Crippen LogP contribution is -2.36. The molecule has 98 valence electrons. The van der Waals surface area contributed by atoms with Gasteiger partial charge in [-0.2, -0.15) is 0 Å². The number of hydrogen-bond acceptors (Lipinski definition) is 5. The molecular formula is C12H15NO5. The Morgan fingerprint density at radius 1 is 1.39 bits per heavy atom. The van der Waals surface area contributed by atoms with E-state index in [0.717, 1.165) is 5.57 Å². The zero-order valence-corrected chi connectivity index (χ0v) is 10.3. The van der Waals surface area contributed by atoms with E-state index in [1.807, 2.05) is 6.08 Å². The van der Waals surface area contributed by atoms with E-state index in [9.17, 15) is 14.4 Å². The smallest absolute Gasteiger partial charge is 0.303 e. The highest BCUT2D eigenvalue weighted by Crippen LogP contribution is 2.32. The Kier molecular flexibility index (Phi) is 3.36. The maximum Gasteiger partial charge on any atom is 0.303 e. The number of rotatable bonds is 3. The lowest BCUT2D eigenvalue weighted by molar-refractivity contribution is -0.147. The Morgan fingerprint density at radius 3 is 2.72 bits per heavy atom. The molecule has 0 unspecified atom stereocenters. The zero-order chi connectivity index (χ0) is 13.3. The summed E-state index contributed by atoms with van der Waals surface area (Å²) in [5, 5.41) is 0. The van der Waals surface area contributed by atoms with E-state index in [2.05, 4.69) is 0 Å². The van der Waals surface area contributed by atoms with Gasteiger partial charge in [-0.25, -0.2) is 0 Å². The maximum atomic E-state index is 11.7. The molecule has 0 aromatic heterocycles. The summed E-state index contributed by atoms with van der Waals surface area (Å²) >= 11 is 0. The molecule has 1 amide bonds. The Bertz CT molecular complexity index is 426. The van der Waals surface area contributed by atoms with Gasteiger partial charge >= 0.3 is 11.9 Å². The van der Waals surface area contributed by atoms with Crippen LogP contribution in [0.15, 0.2) is 11.6 Å². The van der Waals surface area contributed by atoms with Crippen LogP contribution in [-0.4, -0.2) is 48.0 Å². The Labute approximate surface area is 105 Å². The van der Waals surface area contributed by atoms with Gasteiger partial charge in [0.25, 0.3) is 0 Å². The number of nitrogens with zero attached hydrogens (tertiary/aromatic N) is 1. The second-order valence-electron chi connectivity index (χ2n) is 4.40. The van der Waals surface area contributed by atoms with Gasteiger partial charge in [0.05, 0.1) is 12.5 Å². The lowest BCUT2D eigenvalue weighted by Gasteiger charge is -2.23. The number of ether oxygens (including phenoxy) is 2. The molecule has 6 heteroatoms. The Balaban J connectivity index is 2.07. The molecule has 0 saturated carbocycles. The molecule has 0 radical (unpaired) electrons. The van der Waals surface area contributed by atoms with E-state index in [1.54, 1.807) is 4.90 Å². The number of fused-ring (bicyclic) bond motifs is 1. The first-order chi connectivity index (χ1) is 8.49. The highest BCUT2D eigenvalue weighted by atomic mass is 16.5. The third-order valence-electron chi connectivity index (χ3n) is 3.07. The van der Waals surface area contributed by atoms with Crippen molar-refractivity contribution in [1.29, 1.82) is 0 Å². The summed E-state index contributed by atoms with van der Waals surface area (Å²) in [5.74, 6) is -0.823. The van der Waals surface area contributed by atoms with E-state index in [1.165, 1.54) is 13.8 Å². The van der Waals surface area contributed by atoms with Crippen LogP contribution < -0.4 is 0 Å². The van der Waals surface area contributed by atoms with Crippen molar-refractivity contribution in [3.05, 3.63) is 11.6 Å². The standard InChI is InChI=1S/C12H15NO5/c1-7(14)17-6-9-3-4-13-11(16)5-10(12(9)13)18-8(2)15/h3,10,12H,4-6H2,1-2H3/t10-,12-/m0/s1. The second-order valence-corrected chi connectivity index (χ2v) is 4.40. The fraction of sp³-hybridized carbons (Fsp3) is 0.583. The average Bonchev–Trinajstić information content (AvgIpc) is 2.78. The van der Waals surface area contributed by atoms with Gasteiger partial charge in [-0.15, -0.1) is 0 Å². The first kappa shape index (κ1) is 12.6. The molecule has 0 aromatic carbocycles. The van der Waals surface area contributed by atoms with Crippen LogP contribution in [0.5, 0.6) is 0 Å². The molecule has 2 aliphatic rings. The number of carbonyl (C=O) groups excluding carboxylic acids is 3. The molecule has 18 heavy (non-hydrogen) atoms. The van der Waals surface area contributed by atoms with Crippen molar-refractivity contribution < 1.29 is 23.9 Å². The predicted octanol–water partition coefficient (Wildman–Crippen LogP) is 0.0221. The van der Waals surface area contributed by atoms with Gasteiger partial charge < -0.3 is 14.4 Å². The third-order valence-corrected chi connectivity index (χ3v) is 3.07. The first-order valence-electron chi connectivity index (χ1n) is 5.78. The SMILES string of the molecule is CC(=O)OCC1=CCN2C(=O)C[C@H](OC(C)=O)[C@H]12. The van der Waals surface area contributed by atoms with Gasteiger partial charge in [0, 0.05) is 20.4 Å². The maximum absolute atomic E-state index is 11.7. The van der Waals surface area contributed by atoms with Crippen LogP contribution in [0.25, 0.3) is 0 Å². The summed E-state index contributed by atoms with van der Waals surface area (Å²) in [4.78, 5) is 35.2. The predicted molar refractivity (Wildman–Crippen MR) is 60.4 cm³/mol. The summed E-state index contributed by atoms with van der Waals surface area (Å²) in [6, 6.07) is -0.277. The van der Waals surface area contributed by atoms with Crippen molar-refractivity contribution in [3.63, 3.8) is 0 Å². The van der Waals surface area contributed by atoms with Gasteiger partial charge in [0.15, 0.2) is 0 Å². The summed E-state index contributed by atoms with van der Waals surface area (Å²) in [6.07, 6.45) is 1.57. The second kappa shape index (κ2) is 4.80. The van der Waals surface area contributed by atoms with Crippen molar-refractivity contribution in [2.75, 3.05) is 13.2 Å². The number of carbonyl (C=O) groups is 3. The van der Waals surface area contributed by atoms with Gasteiger partial charge in [-0.05, 0) is 5.57 Å². The van der Waals surface area contributed by atoms with E-state index in [0.29, 0.717) is 6.54 Å². The minimum Gasteiger partial charge on any atom is -0.461 e. The minimum absolute atomic E-state index is 0.0414. The molecule has 2 atom stereocenters. The summed E-state index contributed by atoms with van der Waals surface area (Å²) in [6.45, 7) is 3.27. The molecule has 1 fully saturated rings. The molecule has 1 saturated heterocycles. The van der Waals surface area contributed by atoms with E-state index >= 15 is 0 Å². The molecule has 2 aliphatic heterocycles. The quantitative estimate of drug-likeness (QED) is 0.524. The summed E-state index contributed by atoms with van der Waals surface area (Å²) in [5.41, 5.74) is 0.822.